The van der Waals surface area contributed by atoms with Crippen molar-refractivity contribution in [1.82, 2.24) is 0 Å². The number of carbonyl (C=O) groups excluding carboxylic acids is 1. The van der Waals surface area contributed by atoms with Crippen LogP contribution >= 0.6 is 15.9 Å². The molecule has 0 aliphatic heterocycles. The van der Waals surface area contributed by atoms with Crippen LogP contribution in [0, 0.1) is 6.92 Å². The van der Waals surface area contributed by atoms with Gasteiger partial charge in [-0.3, -0.25) is 4.79 Å². The molecule has 2 aromatic rings. The molecule has 3 N–H and O–H groups in total. The monoisotopic (exact) mass is 332 g/mol. The molecule has 0 spiro atoms. The summed E-state index contributed by atoms with van der Waals surface area (Å²) >= 11 is 3.42. The first-order valence-corrected chi connectivity index (χ1v) is 7.12. The van der Waals surface area contributed by atoms with Crippen LogP contribution in [0.2, 0.25) is 0 Å². The van der Waals surface area contributed by atoms with Crippen LogP contribution in [0.1, 0.15) is 18.1 Å². The number of carbonyl (C=O) groups is 1. The quantitative estimate of drug-likeness (QED) is 0.902. The van der Waals surface area contributed by atoms with Crippen molar-refractivity contribution in [2.24, 2.45) is 5.73 Å². The summed E-state index contributed by atoms with van der Waals surface area (Å²) in [6, 6.07) is 15.1. The van der Waals surface area contributed by atoms with Crippen molar-refractivity contribution in [3.63, 3.8) is 0 Å². The Labute approximate surface area is 127 Å². The Kier molecular flexibility index (Phi) is 4.26. The molecular weight excluding hydrogens is 316 g/mol. The van der Waals surface area contributed by atoms with Crippen LogP contribution in [0.25, 0.3) is 0 Å². The molecule has 0 aromatic heterocycles. The normalized spacial score (nSPS) is 13.6. The van der Waals surface area contributed by atoms with Gasteiger partial charge < -0.3 is 11.1 Å². The first-order valence-electron chi connectivity index (χ1n) is 6.32. The second kappa shape index (κ2) is 5.77. The SMILES string of the molecule is Cc1cc(Br)cc(NC(=O)C(C)(N)c2ccccc2)c1. The molecule has 3 nitrogen and oxygen atoms in total. The molecule has 0 aliphatic rings. The standard InChI is InChI=1S/C16H17BrN2O/c1-11-8-13(17)10-14(9-11)19-15(20)16(2,18)12-6-4-3-5-7-12/h3-10H,18H2,1-2H3,(H,19,20). The highest BCUT2D eigenvalue weighted by molar-refractivity contribution is 9.10. The Morgan fingerprint density at radius 3 is 2.45 bits per heavy atom. The highest BCUT2D eigenvalue weighted by Gasteiger charge is 2.30. The predicted octanol–water partition coefficient (Wildman–Crippen LogP) is 3.57. The molecule has 0 saturated carbocycles. The van der Waals surface area contributed by atoms with Crippen molar-refractivity contribution in [2.75, 3.05) is 5.32 Å². The van der Waals surface area contributed by atoms with Gasteiger partial charge in [-0.15, -0.1) is 0 Å². The lowest BCUT2D eigenvalue weighted by Gasteiger charge is -2.24. The van der Waals surface area contributed by atoms with Crippen molar-refractivity contribution in [3.05, 3.63) is 64.1 Å². The molecule has 2 rings (SSSR count). The topological polar surface area (TPSA) is 55.1 Å². The van der Waals surface area contributed by atoms with E-state index in [1.807, 2.05) is 55.5 Å². The van der Waals surface area contributed by atoms with E-state index in [4.69, 9.17) is 5.73 Å². The van der Waals surface area contributed by atoms with Crippen LogP contribution < -0.4 is 11.1 Å². The van der Waals surface area contributed by atoms with Gasteiger partial charge in [-0.05, 0) is 43.2 Å². The van der Waals surface area contributed by atoms with E-state index in [9.17, 15) is 4.79 Å². The minimum atomic E-state index is -1.07. The van der Waals surface area contributed by atoms with Gasteiger partial charge in [0.2, 0.25) is 5.91 Å². The zero-order valence-corrected chi connectivity index (χ0v) is 13.1. The number of aryl methyl sites for hydroxylation is 1. The first kappa shape index (κ1) is 14.8. The first-order chi connectivity index (χ1) is 9.39. The second-order valence-corrected chi connectivity index (χ2v) is 5.96. The van der Waals surface area contributed by atoms with Crippen LogP contribution in [0.4, 0.5) is 5.69 Å². The van der Waals surface area contributed by atoms with Crippen molar-refractivity contribution < 1.29 is 4.79 Å². The zero-order valence-electron chi connectivity index (χ0n) is 11.5. The number of halogens is 1. The average Bonchev–Trinajstić information content (AvgIpc) is 2.38. The minimum Gasteiger partial charge on any atom is -0.324 e. The lowest BCUT2D eigenvalue weighted by atomic mass is 9.92. The number of benzene rings is 2. The lowest BCUT2D eigenvalue weighted by molar-refractivity contribution is -0.120. The van der Waals surface area contributed by atoms with Crippen molar-refractivity contribution in [2.45, 2.75) is 19.4 Å². The fourth-order valence-corrected chi connectivity index (χ4v) is 2.59. The molecule has 104 valence electrons. The van der Waals surface area contributed by atoms with Gasteiger partial charge in [0, 0.05) is 10.2 Å². The number of amides is 1. The third-order valence-corrected chi connectivity index (χ3v) is 3.60. The molecule has 2 aromatic carbocycles. The lowest BCUT2D eigenvalue weighted by Crippen LogP contribution is -2.45. The summed E-state index contributed by atoms with van der Waals surface area (Å²) in [5.74, 6) is -0.235. The summed E-state index contributed by atoms with van der Waals surface area (Å²) in [7, 11) is 0. The number of rotatable bonds is 3. The van der Waals surface area contributed by atoms with E-state index in [-0.39, 0.29) is 5.91 Å². The summed E-state index contributed by atoms with van der Waals surface area (Å²) in [4.78, 5) is 12.4. The highest BCUT2D eigenvalue weighted by Crippen LogP contribution is 2.23. The van der Waals surface area contributed by atoms with Crippen LogP contribution in [-0.2, 0) is 10.3 Å². The largest absolute Gasteiger partial charge is 0.324 e. The van der Waals surface area contributed by atoms with E-state index in [0.717, 1.165) is 21.3 Å². The maximum atomic E-state index is 12.4. The van der Waals surface area contributed by atoms with Gasteiger partial charge in [0.25, 0.3) is 0 Å². The van der Waals surface area contributed by atoms with Gasteiger partial charge in [0.1, 0.15) is 5.54 Å². The van der Waals surface area contributed by atoms with Gasteiger partial charge in [0.15, 0.2) is 0 Å². The van der Waals surface area contributed by atoms with E-state index in [1.54, 1.807) is 6.92 Å². The van der Waals surface area contributed by atoms with E-state index < -0.39 is 5.54 Å². The van der Waals surface area contributed by atoms with Gasteiger partial charge in [-0.2, -0.15) is 0 Å². The highest BCUT2D eigenvalue weighted by atomic mass is 79.9. The summed E-state index contributed by atoms with van der Waals surface area (Å²) < 4.78 is 0.922. The summed E-state index contributed by atoms with van der Waals surface area (Å²) in [6.07, 6.45) is 0. The Morgan fingerprint density at radius 1 is 1.20 bits per heavy atom. The van der Waals surface area contributed by atoms with E-state index in [2.05, 4.69) is 21.2 Å². The maximum Gasteiger partial charge on any atom is 0.248 e. The molecule has 0 radical (unpaired) electrons. The van der Waals surface area contributed by atoms with E-state index >= 15 is 0 Å². The average molecular weight is 333 g/mol. The fourth-order valence-electron chi connectivity index (χ4n) is 1.98. The third-order valence-electron chi connectivity index (χ3n) is 3.15. The smallest absolute Gasteiger partial charge is 0.248 e. The van der Waals surface area contributed by atoms with Gasteiger partial charge in [0.05, 0.1) is 0 Å². The summed E-state index contributed by atoms with van der Waals surface area (Å²) in [5.41, 5.74) is 7.69. The zero-order chi connectivity index (χ0) is 14.8. The van der Waals surface area contributed by atoms with E-state index in [1.165, 1.54) is 0 Å². The van der Waals surface area contributed by atoms with Gasteiger partial charge in [-0.1, -0.05) is 46.3 Å². The fraction of sp³-hybridized carbons (Fsp3) is 0.188. The number of hydrogen-bond donors (Lipinski definition) is 2. The Morgan fingerprint density at radius 2 is 1.85 bits per heavy atom. The molecule has 1 amide bonds. The van der Waals surface area contributed by atoms with Crippen molar-refractivity contribution >= 4 is 27.5 Å². The molecule has 4 heteroatoms. The van der Waals surface area contributed by atoms with Crippen molar-refractivity contribution in [1.29, 1.82) is 0 Å². The molecule has 1 unspecified atom stereocenters. The summed E-state index contributed by atoms with van der Waals surface area (Å²) in [5, 5.41) is 2.87. The summed E-state index contributed by atoms with van der Waals surface area (Å²) in [6.45, 7) is 3.68. The molecule has 0 bridgehead atoms. The molecule has 0 saturated heterocycles. The number of nitrogens with one attached hydrogen (secondary N) is 1. The molecule has 20 heavy (non-hydrogen) atoms. The van der Waals surface area contributed by atoms with Crippen LogP contribution in [0.5, 0.6) is 0 Å². The molecule has 0 fully saturated rings. The Bertz CT molecular complexity index is 603. The van der Waals surface area contributed by atoms with Gasteiger partial charge >= 0.3 is 0 Å². The third kappa shape index (κ3) is 3.26. The minimum absolute atomic E-state index is 0.235. The predicted molar refractivity (Wildman–Crippen MR) is 85.5 cm³/mol. The number of hydrogen-bond acceptors (Lipinski definition) is 2. The van der Waals surface area contributed by atoms with Crippen molar-refractivity contribution in [3.8, 4) is 0 Å². The van der Waals surface area contributed by atoms with E-state index in [0.29, 0.717) is 0 Å². The Balaban J connectivity index is 2.23. The second-order valence-electron chi connectivity index (χ2n) is 5.04. The molecular formula is C16H17BrN2O. The molecule has 0 heterocycles. The van der Waals surface area contributed by atoms with Crippen LogP contribution in [0.15, 0.2) is 53.0 Å². The van der Waals surface area contributed by atoms with Gasteiger partial charge in [-0.25, -0.2) is 0 Å². The van der Waals surface area contributed by atoms with Crippen LogP contribution in [-0.4, -0.2) is 5.91 Å². The Hall–Kier alpha value is -1.65. The molecule has 0 aliphatic carbocycles. The van der Waals surface area contributed by atoms with Crippen LogP contribution in [0.3, 0.4) is 0 Å². The molecule has 1 atom stereocenters. The number of nitrogens with two attached hydrogens (primary N) is 1. The number of anilines is 1. The maximum absolute atomic E-state index is 12.4.